The number of thioether (sulfide) groups is 1. The van der Waals surface area contributed by atoms with Crippen LogP contribution in [0.4, 0.5) is 5.13 Å². The fourth-order valence-electron chi connectivity index (χ4n) is 3.78. The number of rotatable bonds is 7. The van der Waals surface area contributed by atoms with E-state index in [1.54, 1.807) is 34.1 Å². The van der Waals surface area contributed by atoms with Crippen LogP contribution in [0.25, 0.3) is 16.3 Å². The smallest absolute Gasteiger partial charge is 0.252 e. The molecule has 0 aliphatic carbocycles. The second-order valence-electron chi connectivity index (χ2n) is 7.72. The molecule has 1 saturated heterocycles. The normalized spacial score (nSPS) is 16.0. The van der Waals surface area contributed by atoms with Crippen molar-refractivity contribution in [3.8, 4) is 11.5 Å². The van der Waals surface area contributed by atoms with Crippen molar-refractivity contribution in [2.75, 3.05) is 57.3 Å². The van der Waals surface area contributed by atoms with E-state index >= 15 is 0 Å². The standard InChI is InChI=1S/C24H25N3O4S2/c1-32-18-4-5-19-22(15-18)33-24(25-19)27(9-8-26-10-12-29-13-11-26)23(28)7-3-17-2-6-20-21(14-17)31-16-30-20/h2-7,14-15H,8-13,16H2,1H3/b7-3+. The lowest BCUT2D eigenvalue weighted by atomic mass is 10.2. The number of carbonyl (C=O) groups excluding carboxylic acids is 1. The minimum Gasteiger partial charge on any atom is -0.454 e. The van der Waals surface area contributed by atoms with Gasteiger partial charge in [-0.25, -0.2) is 4.98 Å². The lowest BCUT2D eigenvalue weighted by Gasteiger charge is -2.28. The zero-order chi connectivity index (χ0) is 22.6. The van der Waals surface area contributed by atoms with Crippen LogP contribution in [0.3, 0.4) is 0 Å². The molecule has 172 valence electrons. The van der Waals surface area contributed by atoms with E-state index in [2.05, 4.69) is 23.3 Å². The van der Waals surface area contributed by atoms with E-state index in [-0.39, 0.29) is 12.7 Å². The molecule has 3 aromatic rings. The maximum atomic E-state index is 13.3. The Kier molecular flexibility index (Phi) is 6.82. The predicted molar refractivity (Wildman–Crippen MR) is 133 cm³/mol. The van der Waals surface area contributed by atoms with Crippen molar-refractivity contribution in [2.24, 2.45) is 0 Å². The summed E-state index contributed by atoms with van der Waals surface area (Å²) in [7, 11) is 0. The first kappa shape index (κ1) is 22.2. The largest absolute Gasteiger partial charge is 0.454 e. The van der Waals surface area contributed by atoms with E-state index in [4.69, 9.17) is 19.2 Å². The molecule has 3 heterocycles. The minimum atomic E-state index is -0.0925. The number of hydrogen-bond acceptors (Lipinski definition) is 8. The van der Waals surface area contributed by atoms with Gasteiger partial charge in [-0.1, -0.05) is 17.4 Å². The highest BCUT2D eigenvalue weighted by Crippen LogP contribution is 2.34. The summed E-state index contributed by atoms with van der Waals surface area (Å²) in [6.07, 6.45) is 5.48. The van der Waals surface area contributed by atoms with Gasteiger partial charge in [0, 0.05) is 37.2 Å². The second kappa shape index (κ2) is 10.1. The predicted octanol–water partition coefficient (Wildman–Crippen LogP) is 4.13. The van der Waals surface area contributed by atoms with Gasteiger partial charge in [0.15, 0.2) is 16.6 Å². The molecule has 0 unspecified atom stereocenters. The van der Waals surface area contributed by atoms with Crippen molar-refractivity contribution in [2.45, 2.75) is 4.90 Å². The van der Waals surface area contributed by atoms with Gasteiger partial charge >= 0.3 is 0 Å². The summed E-state index contributed by atoms with van der Waals surface area (Å²) in [5.41, 5.74) is 1.80. The summed E-state index contributed by atoms with van der Waals surface area (Å²) in [6, 6.07) is 11.9. The quantitative estimate of drug-likeness (QED) is 0.370. The van der Waals surface area contributed by atoms with Crippen molar-refractivity contribution >= 4 is 50.4 Å². The average Bonchev–Trinajstić information content (AvgIpc) is 3.49. The van der Waals surface area contributed by atoms with Crippen LogP contribution in [0.15, 0.2) is 47.4 Å². The van der Waals surface area contributed by atoms with Crippen LogP contribution in [0.2, 0.25) is 0 Å². The number of hydrogen-bond donors (Lipinski definition) is 0. The van der Waals surface area contributed by atoms with Crippen LogP contribution in [-0.4, -0.2) is 68.2 Å². The van der Waals surface area contributed by atoms with Crippen LogP contribution in [0.1, 0.15) is 5.56 Å². The second-order valence-corrected chi connectivity index (χ2v) is 9.61. The molecule has 0 saturated carbocycles. The summed E-state index contributed by atoms with van der Waals surface area (Å²) >= 11 is 3.26. The lowest BCUT2D eigenvalue weighted by molar-refractivity contribution is -0.114. The zero-order valence-corrected chi connectivity index (χ0v) is 20.0. The molecular weight excluding hydrogens is 458 g/mol. The molecule has 1 amide bonds. The van der Waals surface area contributed by atoms with Gasteiger partial charge in [-0.05, 0) is 48.2 Å². The molecule has 0 N–H and O–H groups in total. The van der Waals surface area contributed by atoms with Crippen molar-refractivity contribution < 1.29 is 19.0 Å². The van der Waals surface area contributed by atoms with Crippen molar-refractivity contribution in [3.05, 3.63) is 48.0 Å². The molecule has 0 bridgehead atoms. The number of carbonyl (C=O) groups is 1. The van der Waals surface area contributed by atoms with E-state index in [9.17, 15) is 4.79 Å². The van der Waals surface area contributed by atoms with Crippen molar-refractivity contribution in [3.63, 3.8) is 0 Å². The first-order chi connectivity index (χ1) is 16.2. The number of fused-ring (bicyclic) bond motifs is 2. The van der Waals surface area contributed by atoms with E-state index in [1.807, 2.05) is 30.3 Å². The fourth-order valence-corrected chi connectivity index (χ4v) is 5.33. The Morgan fingerprint density at radius 2 is 2.03 bits per heavy atom. The first-order valence-electron chi connectivity index (χ1n) is 10.8. The van der Waals surface area contributed by atoms with Crippen LogP contribution >= 0.6 is 23.1 Å². The van der Waals surface area contributed by atoms with Gasteiger partial charge in [-0.15, -0.1) is 11.8 Å². The molecule has 5 rings (SSSR count). The molecule has 2 aromatic carbocycles. The van der Waals surface area contributed by atoms with Crippen LogP contribution in [-0.2, 0) is 9.53 Å². The van der Waals surface area contributed by atoms with Gasteiger partial charge in [-0.2, -0.15) is 0 Å². The van der Waals surface area contributed by atoms with E-state index in [0.29, 0.717) is 12.3 Å². The highest BCUT2D eigenvalue weighted by molar-refractivity contribution is 7.98. The minimum absolute atomic E-state index is 0.0925. The number of amides is 1. The Labute approximate surface area is 200 Å². The molecule has 7 nitrogen and oxygen atoms in total. The molecule has 1 aromatic heterocycles. The average molecular weight is 484 g/mol. The number of nitrogens with zero attached hydrogens (tertiary/aromatic N) is 3. The van der Waals surface area contributed by atoms with Crippen molar-refractivity contribution in [1.29, 1.82) is 0 Å². The summed E-state index contributed by atoms with van der Waals surface area (Å²) in [6.45, 7) is 4.80. The Hall–Kier alpha value is -2.59. The van der Waals surface area contributed by atoms with Gasteiger partial charge in [0.2, 0.25) is 6.79 Å². The monoisotopic (exact) mass is 483 g/mol. The molecule has 2 aliphatic rings. The Balaban J connectivity index is 1.38. The third-order valence-corrected chi connectivity index (χ3v) is 7.41. The number of thiazole rings is 1. The summed E-state index contributed by atoms with van der Waals surface area (Å²) in [5, 5.41) is 0.719. The van der Waals surface area contributed by atoms with E-state index < -0.39 is 0 Å². The van der Waals surface area contributed by atoms with Crippen LogP contribution in [0, 0.1) is 0 Å². The number of benzene rings is 2. The summed E-state index contributed by atoms with van der Waals surface area (Å²) in [4.78, 5) is 23.4. The summed E-state index contributed by atoms with van der Waals surface area (Å²) in [5.74, 6) is 1.33. The number of aromatic nitrogens is 1. The van der Waals surface area contributed by atoms with E-state index in [0.717, 1.165) is 59.5 Å². The van der Waals surface area contributed by atoms with Gasteiger partial charge in [0.1, 0.15) is 0 Å². The maximum absolute atomic E-state index is 13.3. The molecule has 0 atom stereocenters. The van der Waals surface area contributed by atoms with E-state index in [1.165, 1.54) is 4.90 Å². The molecule has 33 heavy (non-hydrogen) atoms. The molecule has 0 spiro atoms. The van der Waals surface area contributed by atoms with Gasteiger partial charge < -0.3 is 14.2 Å². The highest BCUT2D eigenvalue weighted by Gasteiger charge is 2.20. The van der Waals surface area contributed by atoms with Crippen molar-refractivity contribution in [1.82, 2.24) is 9.88 Å². The van der Waals surface area contributed by atoms with Gasteiger partial charge in [-0.3, -0.25) is 14.6 Å². The third-order valence-electron chi connectivity index (χ3n) is 5.64. The van der Waals surface area contributed by atoms with Gasteiger partial charge in [0.05, 0.1) is 23.4 Å². The van der Waals surface area contributed by atoms with Crippen LogP contribution in [0.5, 0.6) is 11.5 Å². The molecule has 1 fully saturated rings. The molecular formula is C24H25N3O4S2. The SMILES string of the molecule is CSc1ccc2nc(N(CCN3CCOCC3)C(=O)/C=C/c3ccc4c(c3)OCO4)sc2c1. The number of ether oxygens (including phenoxy) is 3. The maximum Gasteiger partial charge on any atom is 0.252 e. The van der Waals surface area contributed by atoms with Gasteiger partial charge in [0.25, 0.3) is 5.91 Å². The lowest BCUT2D eigenvalue weighted by Crippen LogP contribution is -2.42. The molecule has 2 aliphatic heterocycles. The first-order valence-corrected chi connectivity index (χ1v) is 12.9. The summed E-state index contributed by atoms with van der Waals surface area (Å²) < 4.78 is 17.3. The molecule has 9 heteroatoms. The Morgan fingerprint density at radius 3 is 2.88 bits per heavy atom. The Morgan fingerprint density at radius 1 is 1.18 bits per heavy atom. The zero-order valence-electron chi connectivity index (χ0n) is 18.4. The highest BCUT2D eigenvalue weighted by atomic mass is 32.2. The number of anilines is 1. The third kappa shape index (κ3) is 5.16. The Bertz CT molecular complexity index is 1170. The fraction of sp³-hybridized carbons (Fsp3) is 0.333. The number of morpholine rings is 1. The topological polar surface area (TPSA) is 64.1 Å². The molecule has 0 radical (unpaired) electrons. The van der Waals surface area contributed by atoms with Crippen LogP contribution < -0.4 is 14.4 Å².